The van der Waals surface area contributed by atoms with Crippen molar-refractivity contribution < 1.29 is 9.53 Å². The summed E-state index contributed by atoms with van der Waals surface area (Å²) in [6, 6.07) is 3.52. The van der Waals surface area contributed by atoms with Gasteiger partial charge in [0.25, 0.3) is 0 Å². The first kappa shape index (κ1) is 10.4. The molecule has 1 aliphatic heterocycles. The van der Waals surface area contributed by atoms with Gasteiger partial charge in [-0.3, -0.25) is 9.20 Å². The van der Waals surface area contributed by atoms with Gasteiger partial charge in [0.15, 0.2) is 5.65 Å². The van der Waals surface area contributed by atoms with Gasteiger partial charge in [0, 0.05) is 31.4 Å². The zero-order valence-electron chi connectivity index (χ0n) is 9.37. The van der Waals surface area contributed by atoms with Crippen LogP contribution in [0.4, 0.5) is 0 Å². The van der Waals surface area contributed by atoms with Crippen LogP contribution in [0.15, 0.2) is 18.3 Å². The number of hydrogen-bond donors (Lipinski definition) is 0. The van der Waals surface area contributed by atoms with Crippen LogP contribution in [0.3, 0.4) is 0 Å². The molecule has 3 heterocycles. The van der Waals surface area contributed by atoms with E-state index in [1.54, 1.807) is 12.1 Å². The molecule has 17 heavy (non-hydrogen) atoms. The number of nitrogens with zero attached hydrogens (tertiary/aromatic N) is 3. The van der Waals surface area contributed by atoms with Crippen molar-refractivity contribution in [2.24, 2.45) is 5.92 Å². The second kappa shape index (κ2) is 4.25. The van der Waals surface area contributed by atoms with E-state index in [-0.39, 0.29) is 0 Å². The van der Waals surface area contributed by atoms with Crippen LogP contribution in [0.5, 0.6) is 0 Å². The largest absolute Gasteiger partial charge is 0.381 e. The molecule has 2 aromatic heterocycles. The van der Waals surface area contributed by atoms with Crippen LogP contribution in [0, 0.1) is 5.92 Å². The summed E-state index contributed by atoms with van der Waals surface area (Å²) in [5, 5.41) is 8.26. The molecule has 0 aromatic carbocycles. The quantitative estimate of drug-likeness (QED) is 0.743. The average molecular weight is 231 g/mol. The summed E-state index contributed by atoms with van der Waals surface area (Å²) in [4.78, 5) is 10.7. The minimum atomic E-state index is 0.535. The molecule has 1 fully saturated rings. The molecule has 0 amide bonds. The minimum Gasteiger partial charge on any atom is -0.381 e. The number of aldehydes is 1. The second-order valence-corrected chi connectivity index (χ2v) is 4.36. The second-order valence-electron chi connectivity index (χ2n) is 4.36. The summed E-state index contributed by atoms with van der Waals surface area (Å²) >= 11 is 0. The maximum atomic E-state index is 10.7. The average Bonchev–Trinajstić information content (AvgIpc) is 2.99. The Kier molecular flexibility index (Phi) is 2.60. The van der Waals surface area contributed by atoms with Crippen molar-refractivity contribution >= 4 is 11.9 Å². The predicted octanol–water partition coefficient (Wildman–Crippen LogP) is 1.12. The van der Waals surface area contributed by atoms with Crippen molar-refractivity contribution in [2.45, 2.75) is 12.8 Å². The van der Waals surface area contributed by atoms with E-state index in [0.29, 0.717) is 11.5 Å². The van der Waals surface area contributed by atoms with Gasteiger partial charge in [0.05, 0.1) is 0 Å². The molecule has 88 valence electrons. The SMILES string of the molecule is O=Cc1ccn2c(CC3CCOC3)nnc2c1. The molecule has 1 saturated heterocycles. The fourth-order valence-corrected chi connectivity index (χ4v) is 2.17. The topological polar surface area (TPSA) is 56.5 Å². The predicted molar refractivity (Wildman–Crippen MR) is 61.0 cm³/mol. The Hall–Kier alpha value is -1.75. The van der Waals surface area contributed by atoms with E-state index in [9.17, 15) is 4.79 Å². The van der Waals surface area contributed by atoms with Crippen molar-refractivity contribution in [3.8, 4) is 0 Å². The van der Waals surface area contributed by atoms with E-state index in [4.69, 9.17) is 4.74 Å². The van der Waals surface area contributed by atoms with Crippen LogP contribution in [0.2, 0.25) is 0 Å². The molecular weight excluding hydrogens is 218 g/mol. The molecular formula is C12H13N3O2. The summed E-state index contributed by atoms with van der Waals surface area (Å²) in [5.41, 5.74) is 1.35. The van der Waals surface area contributed by atoms with Gasteiger partial charge in [-0.25, -0.2) is 0 Å². The van der Waals surface area contributed by atoms with E-state index in [1.807, 2.05) is 10.6 Å². The Morgan fingerprint density at radius 1 is 1.53 bits per heavy atom. The summed E-state index contributed by atoms with van der Waals surface area (Å²) in [6.07, 6.45) is 4.63. The molecule has 0 N–H and O–H groups in total. The van der Waals surface area contributed by atoms with Gasteiger partial charge in [-0.05, 0) is 24.5 Å². The highest BCUT2D eigenvalue weighted by molar-refractivity contribution is 5.76. The molecule has 2 aromatic rings. The van der Waals surface area contributed by atoms with Gasteiger partial charge in [-0.15, -0.1) is 10.2 Å². The van der Waals surface area contributed by atoms with Gasteiger partial charge < -0.3 is 4.74 Å². The Bertz CT molecular complexity index is 544. The number of pyridine rings is 1. The number of carbonyl (C=O) groups excluding carboxylic acids is 1. The molecule has 0 spiro atoms. The number of carbonyl (C=O) groups is 1. The van der Waals surface area contributed by atoms with Gasteiger partial charge >= 0.3 is 0 Å². The van der Waals surface area contributed by atoms with Crippen molar-refractivity contribution in [1.82, 2.24) is 14.6 Å². The van der Waals surface area contributed by atoms with Crippen LogP contribution in [0.25, 0.3) is 5.65 Å². The fourth-order valence-electron chi connectivity index (χ4n) is 2.17. The third-order valence-corrected chi connectivity index (χ3v) is 3.14. The summed E-state index contributed by atoms with van der Waals surface area (Å²) in [6.45, 7) is 1.65. The Morgan fingerprint density at radius 2 is 2.47 bits per heavy atom. The summed E-state index contributed by atoms with van der Waals surface area (Å²) < 4.78 is 7.29. The molecule has 1 unspecified atom stereocenters. The zero-order valence-corrected chi connectivity index (χ0v) is 9.37. The highest BCUT2D eigenvalue weighted by atomic mass is 16.5. The van der Waals surface area contributed by atoms with Crippen molar-refractivity contribution in [1.29, 1.82) is 0 Å². The maximum absolute atomic E-state index is 10.7. The zero-order chi connectivity index (χ0) is 11.7. The highest BCUT2D eigenvalue weighted by Crippen LogP contribution is 2.17. The van der Waals surface area contributed by atoms with Crippen LogP contribution in [-0.2, 0) is 11.2 Å². The lowest BCUT2D eigenvalue weighted by Crippen LogP contribution is -2.07. The van der Waals surface area contributed by atoms with Gasteiger partial charge in [0.2, 0.25) is 0 Å². The molecule has 0 radical (unpaired) electrons. The van der Waals surface area contributed by atoms with Crippen molar-refractivity contribution in [2.75, 3.05) is 13.2 Å². The van der Waals surface area contributed by atoms with Crippen molar-refractivity contribution in [3.63, 3.8) is 0 Å². The van der Waals surface area contributed by atoms with Crippen LogP contribution >= 0.6 is 0 Å². The van der Waals surface area contributed by atoms with E-state index in [2.05, 4.69) is 10.2 Å². The first-order chi connectivity index (χ1) is 8.36. The van der Waals surface area contributed by atoms with E-state index >= 15 is 0 Å². The smallest absolute Gasteiger partial charge is 0.161 e. The fraction of sp³-hybridized carbons (Fsp3) is 0.417. The molecule has 1 aliphatic rings. The lowest BCUT2D eigenvalue weighted by molar-refractivity contribution is 0.112. The third kappa shape index (κ3) is 1.93. The first-order valence-corrected chi connectivity index (χ1v) is 5.73. The van der Waals surface area contributed by atoms with E-state index in [1.165, 1.54) is 0 Å². The summed E-state index contributed by atoms with van der Waals surface area (Å²) in [7, 11) is 0. The van der Waals surface area contributed by atoms with Crippen molar-refractivity contribution in [3.05, 3.63) is 29.7 Å². The molecule has 3 rings (SSSR count). The molecule has 0 bridgehead atoms. The Morgan fingerprint density at radius 3 is 3.24 bits per heavy atom. The van der Waals surface area contributed by atoms with Crippen LogP contribution in [0.1, 0.15) is 22.6 Å². The number of rotatable bonds is 3. The number of fused-ring (bicyclic) bond motifs is 1. The Labute approximate surface area is 98.4 Å². The third-order valence-electron chi connectivity index (χ3n) is 3.14. The first-order valence-electron chi connectivity index (χ1n) is 5.73. The van der Waals surface area contributed by atoms with Gasteiger partial charge in [-0.2, -0.15) is 0 Å². The maximum Gasteiger partial charge on any atom is 0.161 e. The standard InChI is InChI=1S/C12H13N3O2/c16-7-9-1-3-15-11(5-9)13-14-12(15)6-10-2-4-17-8-10/h1,3,5,7,10H,2,4,6,8H2. The summed E-state index contributed by atoms with van der Waals surface area (Å²) in [5.74, 6) is 1.47. The minimum absolute atomic E-state index is 0.535. The van der Waals surface area contributed by atoms with Crippen LogP contribution < -0.4 is 0 Å². The lowest BCUT2D eigenvalue weighted by Gasteiger charge is -2.05. The van der Waals surface area contributed by atoms with Gasteiger partial charge in [-0.1, -0.05) is 0 Å². The van der Waals surface area contributed by atoms with E-state index < -0.39 is 0 Å². The molecule has 0 aliphatic carbocycles. The number of aromatic nitrogens is 3. The number of ether oxygens (including phenoxy) is 1. The molecule has 1 atom stereocenters. The monoisotopic (exact) mass is 231 g/mol. The molecule has 0 saturated carbocycles. The Balaban J connectivity index is 1.91. The highest BCUT2D eigenvalue weighted by Gasteiger charge is 2.18. The molecule has 5 nitrogen and oxygen atoms in total. The van der Waals surface area contributed by atoms with Crippen LogP contribution in [-0.4, -0.2) is 34.1 Å². The normalized spacial score (nSPS) is 19.9. The lowest BCUT2D eigenvalue weighted by atomic mass is 10.1. The van der Waals surface area contributed by atoms with Gasteiger partial charge in [0.1, 0.15) is 12.1 Å². The van der Waals surface area contributed by atoms with E-state index in [0.717, 1.165) is 43.8 Å². The molecule has 5 heteroatoms. The number of hydrogen-bond acceptors (Lipinski definition) is 4.